The van der Waals surface area contributed by atoms with Gasteiger partial charge >= 0.3 is 5.97 Å². The highest BCUT2D eigenvalue weighted by Crippen LogP contribution is 2.24. The molecule has 102 valence electrons. The van der Waals surface area contributed by atoms with Gasteiger partial charge in [-0.2, -0.15) is 0 Å². The quantitative estimate of drug-likeness (QED) is 0.780. The van der Waals surface area contributed by atoms with E-state index < -0.39 is 5.97 Å². The molecule has 17 heavy (non-hydrogen) atoms. The maximum Gasteiger partial charge on any atom is 0.317 e. The molecule has 0 radical (unpaired) electrons. The number of carbonyl (C=O) groups is 1. The summed E-state index contributed by atoms with van der Waals surface area (Å²) >= 11 is 0. The molecule has 1 N–H and O–H groups in total. The van der Waals surface area contributed by atoms with Crippen LogP contribution < -0.4 is 0 Å². The van der Waals surface area contributed by atoms with Crippen LogP contribution in [0, 0.1) is 0 Å². The van der Waals surface area contributed by atoms with Crippen molar-refractivity contribution in [3.8, 4) is 0 Å². The van der Waals surface area contributed by atoms with E-state index in [2.05, 4.69) is 6.92 Å². The molecule has 4 nitrogen and oxygen atoms in total. The molecule has 0 heterocycles. The normalized spacial score (nSPS) is 15.1. The molecular formula is C13H27NO3. The second kappa shape index (κ2) is 5.83. The van der Waals surface area contributed by atoms with Crippen molar-refractivity contribution >= 4 is 5.97 Å². The van der Waals surface area contributed by atoms with E-state index in [0.717, 1.165) is 6.42 Å². The zero-order valence-corrected chi connectivity index (χ0v) is 12.2. The Labute approximate surface area is 105 Å². The van der Waals surface area contributed by atoms with Gasteiger partial charge in [-0.15, -0.1) is 0 Å². The van der Waals surface area contributed by atoms with Crippen molar-refractivity contribution in [3.05, 3.63) is 0 Å². The lowest BCUT2D eigenvalue weighted by Crippen LogP contribution is -2.51. The zero-order valence-electron chi connectivity index (χ0n) is 12.2. The van der Waals surface area contributed by atoms with Crippen LogP contribution in [-0.4, -0.2) is 46.8 Å². The Hall–Kier alpha value is -0.610. The van der Waals surface area contributed by atoms with Gasteiger partial charge in [0.25, 0.3) is 0 Å². The van der Waals surface area contributed by atoms with Gasteiger partial charge in [-0.3, -0.25) is 9.69 Å². The van der Waals surface area contributed by atoms with Gasteiger partial charge in [0.05, 0.1) is 12.1 Å². The van der Waals surface area contributed by atoms with Crippen LogP contribution in [0.1, 0.15) is 48.0 Å². The maximum atomic E-state index is 10.9. The Bertz CT molecular complexity index is 256. The van der Waals surface area contributed by atoms with Crippen molar-refractivity contribution in [1.82, 2.24) is 4.90 Å². The van der Waals surface area contributed by atoms with E-state index >= 15 is 0 Å². The molecule has 0 fully saturated rings. The summed E-state index contributed by atoms with van der Waals surface area (Å²) < 4.78 is 5.40. The SMILES string of the molecule is COC(C)(C)CC(C)N(CC(=O)O)C(C)(C)C. The van der Waals surface area contributed by atoms with Gasteiger partial charge in [-0.05, 0) is 48.0 Å². The van der Waals surface area contributed by atoms with Crippen LogP contribution in [0.4, 0.5) is 0 Å². The smallest absolute Gasteiger partial charge is 0.317 e. The second-order valence-electron chi connectivity index (χ2n) is 6.21. The molecule has 0 aliphatic heterocycles. The number of carboxylic acids is 1. The van der Waals surface area contributed by atoms with E-state index in [0.29, 0.717) is 0 Å². The van der Waals surface area contributed by atoms with E-state index in [9.17, 15) is 4.79 Å². The standard InChI is InChI=1S/C13H27NO3/c1-10(8-13(5,6)17-7)14(9-11(15)16)12(2,3)4/h10H,8-9H2,1-7H3,(H,15,16). The number of carboxylic acid groups (broad SMARTS) is 1. The summed E-state index contributed by atoms with van der Waals surface area (Å²) in [7, 11) is 1.69. The van der Waals surface area contributed by atoms with E-state index in [-0.39, 0.29) is 23.7 Å². The van der Waals surface area contributed by atoms with Crippen molar-refractivity contribution in [3.63, 3.8) is 0 Å². The van der Waals surface area contributed by atoms with E-state index in [1.165, 1.54) is 0 Å². The largest absolute Gasteiger partial charge is 0.480 e. The molecule has 0 amide bonds. The van der Waals surface area contributed by atoms with Crippen molar-refractivity contribution in [2.45, 2.75) is 65.1 Å². The first-order chi connectivity index (χ1) is 7.49. The van der Waals surface area contributed by atoms with Gasteiger partial charge in [0.15, 0.2) is 0 Å². The average Bonchev–Trinajstić information content (AvgIpc) is 2.11. The van der Waals surface area contributed by atoms with Gasteiger partial charge in [-0.1, -0.05) is 0 Å². The van der Waals surface area contributed by atoms with Crippen LogP contribution in [0.15, 0.2) is 0 Å². The second-order valence-corrected chi connectivity index (χ2v) is 6.21. The van der Waals surface area contributed by atoms with Gasteiger partial charge in [-0.25, -0.2) is 0 Å². The average molecular weight is 245 g/mol. The van der Waals surface area contributed by atoms with E-state index in [4.69, 9.17) is 9.84 Å². The molecule has 1 atom stereocenters. The summed E-state index contributed by atoms with van der Waals surface area (Å²) in [6, 6.07) is 0.154. The first kappa shape index (κ1) is 16.4. The van der Waals surface area contributed by atoms with Crippen LogP contribution in [-0.2, 0) is 9.53 Å². The maximum absolute atomic E-state index is 10.9. The van der Waals surface area contributed by atoms with E-state index in [1.54, 1.807) is 7.11 Å². The molecule has 0 aromatic carbocycles. The fourth-order valence-corrected chi connectivity index (χ4v) is 2.10. The van der Waals surface area contributed by atoms with Crippen molar-refractivity contribution < 1.29 is 14.6 Å². The number of ether oxygens (including phenoxy) is 1. The highest BCUT2D eigenvalue weighted by Gasteiger charge is 2.31. The third-order valence-corrected chi connectivity index (χ3v) is 3.04. The van der Waals surface area contributed by atoms with Gasteiger partial charge in [0, 0.05) is 18.7 Å². The third kappa shape index (κ3) is 6.03. The fourth-order valence-electron chi connectivity index (χ4n) is 2.10. The Morgan fingerprint density at radius 1 is 1.29 bits per heavy atom. The van der Waals surface area contributed by atoms with Crippen molar-refractivity contribution in [1.29, 1.82) is 0 Å². The minimum absolute atomic E-state index is 0.0600. The molecule has 0 aromatic heterocycles. The molecule has 0 saturated carbocycles. The minimum Gasteiger partial charge on any atom is -0.480 e. The molecule has 0 spiro atoms. The van der Waals surface area contributed by atoms with Gasteiger partial charge < -0.3 is 9.84 Å². The third-order valence-electron chi connectivity index (χ3n) is 3.04. The molecule has 4 heteroatoms. The van der Waals surface area contributed by atoms with Crippen LogP contribution in [0.2, 0.25) is 0 Å². The van der Waals surface area contributed by atoms with Crippen molar-refractivity contribution in [2.24, 2.45) is 0 Å². The first-order valence-electron chi connectivity index (χ1n) is 6.03. The van der Waals surface area contributed by atoms with E-state index in [1.807, 2.05) is 39.5 Å². The summed E-state index contributed by atoms with van der Waals surface area (Å²) in [5.41, 5.74) is -0.400. The highest BCUT2D eigenvalue weighted by atomic mass is 16.5. The number of nitrogens with zero attached hydrogens (tertiary/aromatic N) is 1. The molecular weight excluding hydrogens is 218 g/mol. The van der Waals surface area contributed by atoms with Crippen LogP contribution in [0.5, 0.6) is 0 Å². The lowest BCUT2D eigenvalue weighted by atomic mass is 9.95. The summed E-state index contributed by atoms with van der Waals surface area (Å²) in [6.07, 6.45) is 0.800. The predicted octanol–water partition coefficient (Wildman–Crippen LogP) is 2.38. The minimum atomic E-state index is -0.790. The fraction of sp³-hybridized carbons (Fsp3) is 0.923. The molecule has 0 aliphatic carbocycles. The summed E-state index contributed by atoms with van der Waals surface area (Å²) in [5, 5.41) is 8.98. The molecule has 1 unspecified atom stereocenters. The monoisotopic (exact) mass is 245 g/mol. The zero-order chi connectivity index (χ0) is 13.9. The summed E-state index contributed by atoms with van der Waals surface area (Å²) in [6.45, 7) is 12.3. The topological polar surface area (TPSA) is 49.8 Å². The van der Waals surface area contributed by atoms with Crippen LogP contribution in [0.25, 0.3) is 0 Å². The Morgan fingerprint density at radius 3 is 2.06 bits per heavy atom. The summed E-state index contributed by atoms with van der Waals surface area (Å²) in [4.78, 5) is 12.9. The van der Waals surface area contributed by atoms with Gasteiger partial charge in [0.1, 0.15) is 0 Å². The Kier molecular flexibility index (Phi) is 5.62. The Morgan fingerprint density at radius 2 is 1.76 bits per heavy atom. The summed E-state index contributed by atoms with van der Waals surface area (Å²) in [5.74, 6) is -0.790. The van der Waals surface area contributed by atoms with Gasteiger partial charge in [0.2, 0.25) is 0 Å². The molecule has 0 aliphatic rings. The van der Waals surface area contributed by atoms with Crippen LogP contribution >= 0.6 is 0 Å². The number of hydrogen-bond donors (Lipinski definition) is 1. The lowest BCUT2D eigenvalue weighted by Gasteiger charge is -2.41. The first-order valence-corrected chi connectivity index (χ1v) is 6.03. The molecule has 0 aromatic rings. The van der Waals surface area contributed by atoms with Crippen molar-refractivity contribution in [2.75, 3.05) is 13.7 Å². The lowest BCUT2D eigenvalue weighted by molar-refractivity contribution is -0.141. The molecule has 0 saturated heterocycles. The number of rotatable bonds is 6. The number of hydrogen-bond acceptors (Lipinski definition) is 3. The molecule has 0 bridgehead atoms. The Balaban J connectivity index is 4.76. The van der Waals surface area contributed by atoms with Crippen LogP contribution in [0.3, 0.4) is 0 Å². The highest BCUT2D eigenvalue weighted by molar-refractivity contribution is 5.69. The predicted molar refractivity (Wildman–Crippen MR) is 69.3 cm³/mol. The number of aliphatic carboxylic acids is 1. The molecule has 0 rings (SSSR count). The number of methoxy groups -OCH3 is 1.